The Morgan fingerprint density at radius 1 is 0.946 bits per heavy atom. The number of aryl methyl sites for hydroxylation is 3. The summed E-state index contributed by atoms with van der Waals surface area (Å²) in [5.74, 6) is 1.94. The molecule has 4 aromatic rings. The Bertz CT molecular complexity index is 1320. The molecule has 1 heterocycles. The van der Waals surface area contributed by atoms with Gasteiger partial charge >= 0.3 is 0 Å². The summed E-state index contributed by atoms with van der Waals surface area (Å²) in [6.45, 7) is 13.2. The summed E-state index contributed by atoms with van der Waals surface area (Å²) < 4.78 is 6.03. The van der Waals surface area contributed by atoms with Gasteiger partial charge in [-0.05, 0) is 84.4 Å². The molecule has 0 radical (unpaired) electrons. The van der Waals surface area contributed by atoms with Crippen molar-refractivity contribution in [3.05, 3.63) is 94.2 Å². The molecular formula is C35H43NO. The summed E-state index contributed by atoms with van der Waals surface area (Å²) in [6, 6.07) is 22.2. The molecule has 1 aromatic heterocycles. The lowest BCUT2D eigenvalue weighted by molar-refractivity contribution is 0.395. The number of fused-ring (bicyclic) bond motifs is 2. The predicted molar refractivity (Wildman–Crippen MR) is 159 cm³/mol. The molecule has 0 fully saturated rings. The summed E-state index contributed by atoms with van der Waals surface area (Å²) in [4.78, 5) is 5.26. The molecule has 0 amide bonds. The molecule has 194 valence electrons. The topological polar surface area (TPSA) is 22.1 Å². The monoisotopic (exact) mass is 493 g/mol. The number of aromatic nitrogens is 1. The Hall–Kier alpha value is -3.13. The average Bonchev–Trinajstić information content (AvgIpc) is 2.88. The van der Waals surface area contributed by atoms with E-state index >= 15 is 0 Å². The molecule has 0 aliphatic heterocycles. The molecule has 0 spiro atoms. The molecule has 0 N–H and O–H groups in total. The normalized spacial score (nSPS) is 14.8. The van der Waals surface area contributed by atoms with Gasteiger partial charge in [0.1, 0.15) is 5.75 Å². The molecule has 0 saturated heterocycles. The first kappa shape index (κ1) is 26.9. The fourth-order valence-corrected chi connectivity index (χ4v) is 5.84. The van der Waals surface area contributed by atoms with Crippen LogP contribution in [0.5, 0.6) is 5.75 Å². The number of ether oxygens (including phenoxy) is 1. The second-order valence-corrected chi connectivity index (χ2v) is 10.9. The average molecular weight is 494 g/mol. The minimum absolute atomic E-state index is 0.427. The Balaban J connectivity index is 0.00000102. The molecule has 1 unspecified atom stereocenters. The smallest absolute Gasteiger partial charge is 0.126 e. The molecular weight excluding hydrogens is 450 g/mol. The molecule has 0 bridgehead atoms. The van der Waals surface area contributed by atoms with E-state index in [0.717, 1.165) is 24.3 Å². The summed E-state index contributed by atoms with van der Waals surface area (Å²) in [5.41, 5.74) is 10.2. The number of nitrogens with zero attached hydrogens (tertiary/aromatic N) is 1. The molecule has 3 aromatic carbocycles. The van der Waals surface area contributed by atoms with Crippen molar-refractivity contribution < 1.29 is 4.74 Å². The van der Waals surface area contributed by atoms with E-state index in [2.05, 4.69) is 102 Å². The maximum atomic E-state index is 6.03. The lowest BCUT2D eigenvalue weighted by Gasteiger charge is -2.28. The molecule has 1 aliphatic rings. The van der Waals surface area contributed by atoms with Gasteiger partial charge in [-0.2, -0.15) is 0 Å². The summed E-state index contributed by atoms with van der Waals surface area (Å²) in [7, 11) is 1.81. The highest BCUT2D eigenvalue weighted by Gasteiger charge is 2.27. The minimum Gasteiger partial charge on any atom is -0.496 e. The standard InChI is InChI=1S/C32H35NO.C3H8/c1-20(2)26-16-21(3)31(22(4)17-26)29-19-30(34-5)32-25(13-9-15-28(32)33-29)18-24-12-8-11-23-10-6-7-14-27(23)24;1-3-2/h6-8,10-12,14,16-17,19-20,25H,9,13,15,18H2,1-5H3;3H2,1-2H3. The van der Waals surface area contributed by atoms with Crippen molar-refractivity contribution in [3.8, 4) is 17.0 Å². The third kappa shape index (κ3) is 5.74. The van der Waals surface area contributed by atoms with Crippen molar-refractivity contribution in [1.29, 1.82) is 0 Å². The molecule has 0 saturated carbocycles. The van der Waals surface area contributed by atoms with Gasteiger partial charge in [-0.15, -0.1) is 0 Å². The summed E-state index contributed by atoms with van der Waals surface area (Å²) >= 11 is 0. The zero-order chi connectivity index (χ0) is 26.5. The zero-order valence-electron chi connectivity index (χ0n) is 23.8. The van der Waals surface area contributed by atoms with Crippen molar-refractivity contribution in [3.63, 3.8) is 0 Å². The van der Waals surface area contributed by atoms with Crippen LogP contribution in [-0.2, 0) is 12.8 Å². The van der Waals surface area contributed by atoms with E-state index < -0.39 is 0 Å². The summed E-state index contributed by atoms with van der Waals surface area (Å²) in [6.07, 6.45) is 5.64. The van der Waals surface area contributed by atoms with Gasteiger partial charge in [0.15, 0.2) is 0 Å². The highest BCUT2D eigenvalue weighted by molar-refractivity contribution is 5.85. The number of rotatable bonds is 5. The van der Waals surface area contributed by atoms with Crippen LogP contribution in [0.1, 0.15) is 92.3 Å². The zero-order valence-corrected chi connectivity index (χ0v) is 23.8. The third-order valence-corrected chi connectivity index (χ3v) is 7.52. The lowest BCUT2D eigenvalue weighted by atomic mass is 9.80. The van der Waals surface area contributed by atoms with E-state index in [-0.39, 0.29) is 0 Å². The van der Waals surface area contributed by atoms with Crippen LogP contribution in [0.15, 0.2) is 60.7 Å². The van der Waals surface area contributed by atoms with Crippen LogP contribution in [0.3, 0.4) is 0 Å². The van der Waals surface area contributed by atoms with Gasteiger partial charge in [-0.1, -0.05) is 88.7 Å². The SMILES string of the molecule is CCC.COc1cc(-c2c(C)cc(C(C)C)cc2C)nc2c1C(Cc1cccc3ccccc13)CCC2. The van der Waals surface area contributed by atoms with E-state index in [0.29, 0.717) is 11.8 Å². The van der Waals surface area contributed by atoms with Crippen LogP contribution in [0.2, 0.25) is 0 Å². The van der Waals surface area contributed by atoms with Crippen LogP contribution >= 0.6 is 0 Å². The second-order valence-electron chi connectivity index (χ2n) is 10.9. The second kappa shape index (κ2) is 11.9. The van der Waals surface area contributed by atoms with E-state index in [4.69, 9.17) is 9.72 Å². The summed E-state index contributed by atoms with van der Waals surface area (Å²) in [5, 5.41) is 2.67. The molecule has 1 aliphatic carbocycles. The first-order valence-electron chi connectivity index (χ1n) is 14.0. The number of hydrogen-bond acceptors (Lipinski definition) is 2. The van der Waals surface area contributed by atoms with Gasteiger partial charge in [0.05, 0.1) is 12.8 Å². The fourth-order valence-electron chi connectivity index (χ4n) is 5.84. The van der Waals surface area contributed by atoms with Gasteiger partial charge in [0, 0.05) is 22.9 Å². The van der Waals surface area contributed by atoms with Crippen molar-refractivity contribution in [2.45, 2.75) is 85.5 Å². The van der Waals surface area contributed by atoms with E-state index in [1.165, 1.54) is 69.1 Å². The Morgan fingerprint density at radius 3 is 2.30 bits per heavy atom. The van der Waals surface area contributed by atoms with Crippen LogP contribution < -0.4 is 4.74 Å². The number of benzene rings is 3. The van der Waals surface area contributed by atoms with Gasteiger partial charge in [-0.25, -0.2) is 0 Å². The van der Waals surface area contributed by atoms with Crippen LogP contribution in [-0.4, -0.2) is 12.1 Å². The molecule has 2 nitrogen and oxygen atoms in total. The Kier molecular flexibility index (Phi) is 8.69. The predicted octanol–water partition coefficient (Wildman–Crippen LogP) is 9.73. The Labute approximate surface area is 224 Å². The van der Waals surface area contributed by atoms with Crippen molar-refractivity contribution in [2.24, 2.45) is 0 Å². The van der Waals surface area contributed by atoms with E-state index in [1.807, 2.05) is 7.11 Å². The Morgan fingerprint density at radius 2 is 1.62 bits per heavy atom. The largest absolute Gasteiger partial charge is 0.496 e. The number of methoxy groups -OCH3 is 1. The van der Waals surface area contributed by atoms with Crippen LogP contribution in [0.4, 0.5) is 0 Å². The highest BCUT2D eigenvalue weighted by Crippen LogP contribution is 2.42. The fraction of sp³-hybridized carbons (Fsp3) is 0.400. The minimum atomic E-state index is 0.427. The maximum absolute atomic E-state index is 6.03. The van der Waals surface area contributed by atoms with Crippen molar-refractivity contribution >= 4 is 10.8 Å². The van der Waals surface area contributed by atoms with Gasteiger partial charge < -0.3 is 4.74 Å². The van der Waals surface area contributed by atoms with E-state index in [1.54, 1.807) is 0 Å². The van der Waals surface area contributed by atoms with Gasteiger partial charge in [0.2, 0.25) is 0 Å². The van der Waals surface area contributed by atoms with Crippen LogP contribution in [0, 0.1) is 13.8 Å². The molecule has 2 heteroatoms. The number of pyridine rings is 1. The van der Waals surface area contributed by atoms with Gasteiger partial charge in [0.25, 0.3) is 0 Å². The first-order chi connectivity index (χ1) is 17.9. The maximum Gasteiger partial charge on any atom is 0.126 e. The van der Waals surface area contributed by atoms with E-state index in [9.17, 15) is 0 Å². The molecule has 37 heavy (non-hydrogen) atoms. The molecule has 1 atom stereocenters. The first-order valence-corrected chi connectivity index (χ1v) is 14.0. The quantitative estimate of drug-likeness (QED) is 0.276. The number of hydrogen-bond donors (Lipinski definition) is 0. The highest BCUT2D eigenvalue weighted by atomic mass is 16.5. The molecule has 5 rings (SSSR count). The van der Waals surface area contributed by atoms with Crippen molar-refractivity contribution in [1.82, 2.24) is 4.98 Å². The van der Waals surface area contributed by atoms with Crippen molar-refractivity contribution in [2.75, 3.05) is 7.11 Å². The third-order valence-electron chi connectivity index (χ3n) is 7.52. The van der Waals surface area contributed by atoms with Gasteiger partial charge in [-0.3, -0.25) is 4.98 Å². The van der Waals surface area contributed by atoms with Crippen LogP contribution in [0.25, 0.3) is 22.0 Å². The lowest BCUT2D eigenvalue weighted by Crippen LogP contribution is -2.16.